The molecule has 1 heteroatoms. The first-order valence-electron chi connectivity index (χ1n) is 5.35. The molecule has 0 heterocycles. The molecule has 0 saturated carbocycles. The van der Waals surface area contributed by atoms with Gasteiger partial charge in [0, 0.05) is 0 Å². The highest BCUT2D eigenvalue weighted by Gasteiger charge is 2.01. The summed E-state index contributed by atoms with van der Waals surface area (Å²) in [6.07, 6.45) is 0. The van der Waals surface area contributed by atoms with Crippen LogP contribution in [0.4, 0.5) is 0 Å². The zero-order valence-electron chi connectivity index (χ0n) is 9.33. The molecule has 0 aliphatic heterocycles. The first-order chi connectivity index (χ1) is 7.24. The number of rotatable bonds is 2. The molecule has 0 radical (unpaired) electrons. The first kappa shape index (κ1) is 10.7. The highest BCUT2D eigenvalue weighted by atomic mass is 24.5. The van der Waals surface area contributed by atoms with Crippen molar-refractivity contribution in [2.75, 3.05) is 0 Å². The summed E-state index contributed by atoms with van der Waals surface area (Å²) < 4.78 is 3.04. The van der Waals surface area contributed by atoms with E-state index >= 15 is 0 Å². The van der Waals surface area contributed by atoms with E-state index in [-0.39, 0.29) is 20.4 Å². The zero-order valence-corrected chi connectivity index (χ0v) is 10.7. The molecule has 0 bridgehead atoms. The smallest absolute Gasteiger partial charge is 0.165 e. The standard InChI is InChI=1S/2C7H7.Mg/c2*1-7-5-3-2-4-6-7;/h2*3-6H,1H3;. The van der Waals surface area contributed by atoms with E-state index in [0.29, 0.717) is 0 Å². The lowest BCUT2D eigenvalue weighted by Gasteiger charge is -2.01. The summed E-state index contributed by atoms with van der Waals surface area (Å²) in [5, 5.41) is 0. The van der Waals surface area contributed by atoms with Gasteiger partial charge < -0.3 is 0 Å². The van der Waals surface area contributed by atoms with Crippen molar-refractivity contribution in [1.82, 2.24) is 0 Å². The summed E-state index contributed by atoms with van der Waals surface area (Å²) >= 11 is -0.266. The van der Waals surface area contributed by atoms with E-state index in [1.165, 1.54) is 18.5 Å². The van der Waals surface area contributed by atoms with Gasteiger partial charge in [0.25, 0.3) is 0 Å². The maximum Gasteiger partial charge on any atom is 0.450 e. The minimum atomic E-state index is -0.266. The predicted octanol–water partition coefficient (Wildman–Crippen LogP) is 1.96. The highest BCUT2D eigenvalue weighted by molar-refractivity contribution is 6.67. The fraction of sp³-hybridized carbons (Fsp3) is 0.143. The van der Waals surface area contributed by atoms with Gasteiger partial charge in [-0.15, -0.1) is 0 Å². The van der Waals surface area contributed by atoms with Gasteiger partial charge in [0.15, 0.2) is 0 Å². The second-order valence-electron chi connectivity index (χ2n) is 4.15. The van der Waals surface area contributed by atoms with Crippen molar-refractivity contribution in [1.29, 1.82) is 0 Å². The van der Waals surface area contributed by atoms with E-state index in [4.69, 9.17) is 0 Å². The van der Waals surface area contributed by atoms with Crippen molar-refractivity contribution in [2.45, 2.75) is 13.8 Å². The van der Waals surface area contributed by atoms with Gasteiger partial charge in [0.2, 0.25) is 0 Å². The maximum absolute atomic E-state index is 2.27. The van der Waals surface area contributed by atoms with E-state index in [0.717, 1.165) is 0 Å². The number of hydrogen-bond donors (Lipinski definition) is 0. The van der Waals surface area contributed by atoms with Crippen LogP contribution in [-0.4, -0.2) is 20.4 Å². The van der Waals surface area contributed by atoms with Crippen molar-refractivity contribution in [3.8, 4) is 0 Å². The minimum absolute atomic E-state index is 0.266. The van der Waals surface area contributed by atoms with Crippen molar-refractivity contribution in [2.24, 2.45) is 0 Å². The Balaban J connectivity index is 2.15. The molecule has 0 aliphatic rings. The third-order valence-corrected chi connectivity index (χ3v) is 4.41. The molecule has 72 valence electrons. The Kier molecular flexibility index (Phi) is 3.44. The van der Waals surface area contributed by atoms with Gasteiger partial charge in [-0.2, -0.15) is 7.39 Å². The Morgan fingerprint density at radius 2 is 0.933 bits per heavy atom. The van der Waals surface area contributed by atoms with E-state index in [1.54, 1.807) is 0 Å². The molecule has 15 heavy (non-hydrogen) atoms. The minimum Gasteiger partial charge on any atom is -0.165 e. The largest absolute Gasteiger partial charge is 0.450 e. The molecule has 0 aliphatic carbocycles. The monoisotopic (exact) mass is 206 g/mol. The van der Waals surface area contributed by atoms with Crippen LogP contribution in [0.2, 0.25) is 0 Å². The average molecular weight is 207 g/mol. The maximum atomic E-state index is 2.27. The summed E-state index contributed by atoms with van der Waals surface area (Å²) in [7, 11) is 0. The quantitative estimate of drug-likeness (QED) is 0.659. The van der Waals surface area contributed by atoms with Crippen LogP contribution in [-0.2, 0) is 0 Å². The van der Waals surface area contributed by atoms with E-state index in [9.17, 15) is 0 Å². The molecular formula is C14H14Mg. The Labute approximate surface area is 101 Å². The molecule has 0 saturated heterocycles. The van der Waals surface area contributed by atoms with E-state index in [2.05, 4.69) is 62.4 Å². The molecule has 0 N–H and O–H groups in total. The van der Waals surface area contributed by atoms with Gasteiger partial charge in [0.05, 0.1) is 0 Å². The van der Waals surface area contributed by atoms with Gasteiger partial charge in [-0.1, -0.05) is 59.7 Å². The van der Waals surface area contributed by atoms with Crippen LogP contribution < -0.4 is 7.39 Å². The summed E-state index contributed by atoms with van der Waals surface area (Å²) in [6, 6.07) is 17.9. The van der Waals surface area contributed by atoms with Crippen LogP contribution in [0.1, 0.15) is 11.1 Å². The van der Waals surface area contributed by atoms with Crippen LogP contribution in [0.25, 0.3) is 0 Å². The molecule has 0 atom stereocenters. The molecule has 0 unspecified atom stereocenters. The van der Waals surface area contributed by atoms with Crippen molar-refractivity contribution in [3.05, 3.63) is 59.7 Å². The van der Waals surface area contributed by atoms with Crippen LogP contribution in [0, 0.1) is 13.8 Å². The van der Waals surface area contributed by atoms with E-state index < -0.39 is 0 Å². The fourth-order valence-corrected chi connectivity index (χ4v) is 3.06. The van der Waals surface area contributed by atoms with Crippen molar-refractivity contribution in [3.63, 3.8) is 0 Å². The lowest BCUT2D eigenvalue weighted by Crippen LogP contribution is -2.26. The molecule has 2 rings (SSSR count). The van der Waals surface area contributed by atoms with Crippen LogP contribution in [0.3, 0.4) is 0 Å². The highest BCUT2D eigenvalue weighted by Crippen LogP contribution is 1.94. The Morgan fingerprint density at radius 3 is 1.27 bits per heavy atom. The predicted molar refractivity (Wildman–Crippen MR) is 67.4 cm³/mol. The Bertz CT molecular complexity index is 382. The second kappa shape index (κ2) is 4.82. The molecule has 0 nitrogen and oxygen atoms in total. The lowest BCUT2D eigenvalue weighted by atomic mass is 10.2. The normalized spacial score (nSPS) is 9.73. The number of aryl methyl sites for hydroxylation is 2. The molecule has 0 amide bonds. The molecular weight excluding hydrogens is 192 g/mol. The molecule has 0 spiro atoms. The second-order valence-corrected chi connectivity index (χ2v) is 6.13. The topological polar surface area (TPSA) is 0 Å². The third kappa shape index (κ3) is 3.08. The summed E-state index contributed by atoms with van der Waals surface area (Å²) in [4.78, 5) is 0. The average Bonchev–Trinajstić information content (AvgIpc) is 2.25. The SMILES string of the molecule is Cc1cc[c]([Mg][c]2ccc(C)cc2)cc1. The van der Waals surface area contributed by atoms with Gasteiger partial charge in [-0.05, 0) is 13.8 Å². The van der Waals surface area contributed by atoms with Gasteiger partial charge in [-0.3, -0.25) is 0 Å². The summed E-state index contributed by atoms with van der Waals surface area (Å²) in [5.74, 6) is 0. The third-order valence-electron chi connectivity index (χ3n) is 2.65. The Morgan fingerprint density at radius 1 is 0.600 bits per heavy atom. The molecule has 2 aromatic rings. The van der Waals surface area contributed by atoms with Crippen LogP contribution in [0.15, 0.2) is 48.5 Å². The molecule has 2 aromatic carbocycles. The van der Waals surface area contributed by atoms with Gasteiger partial charge in [-0.25, -0.2) is 0 Å². The van der Waals surface area contributed by atoms with Gasteiger partial charge >= 0.3 is 20.4 Å². The summed E-state index contributed by atoms with van der Waals surface area (Å²) in [5.41, 5.74) is 2.69. The summed E-state index contributed by atoms with van der Waals surface area (Å²) in [6.45, 7) is 4.27. The number of benzene rings is 2. The fourth-order valence-electron chi connectivity index (χ4n) is 1.65. The number of hydrogen-bond acceptors (Lipinski definition) is 0. The lowest BCUT2D eigenvalue weighted by molar-refractivity contribution is 1.48. The van der Waals surface area contributed by atoms with Crippen LogP contribution >= 0.6 is 0 Å². The van der Waals surface area contributed by atoms with Crippen molar-refractivity contribution >= 4 is 27.8 Å². The van der Waals surface area contributed by atoms with Crippen molar-refractivity contribution < 1.29 is 0 Å². The Hall–Kier alpha value is -0.794. The van der Waals surface area contributed by atoms with Crippen LogP contribution in [0.5, 0.6) is 0 Å². The zero-order chi connectivity index (χ0) is 10.7. The molecule has 0 fully saturated rings. The van der Waals surface area contributed by atoms with E-state index in [1.807, 2.05) is 0 Å². The van der Waals surface area contributed by atoms with Gasteiger partial charge in [0.1, 0.15) is 0 Å². The molecule has 0 aromatic heterocycles. The first-order valence-corrected chi connectivity index (χ1v) is 6.76.